The molecule has 0 aliphatic heterocycles. The number of benzene rings is 1. The maximum absolute atomic E-state index is 6.55. The Balaban J connectivity index is 1.96. The van der Waals surface area contributed by atoms with Gasteiger partial charge in [0.1, 0.15) is 0 Å². The van der Waals surface area contributed by atoms with Crippen molar-refractivity contribution >= 4 is 0 Å². The fourth-order valence-corrected chi connectivity index (χ4v) is 2.95. The Bertz CT molecular complexity index is 344. The second kappa shape index (κ2) is 5.22. The van der Waals surface area contributed by atoms with Gasteiger partial charge in [0.15, 0.2) is 0 Å². The van der Waals surface area contributed by atoms with Crippen molar-refractivity contribution in [1.29, 1.82) is 0 Å². The minimum Gasteiger partial charge on any atom is -0.325 e. The smallest absolute Gasteiger partial charge is 0.0195 e. The number of nitrogens with two attached hydrogens (primary N) is 1. The zero-order valence-corrected chi connectivity index (χ0v) is 11.2. The van der Waals surface area contributed by atoms with Crippen molar-refractivity contribution in [3.05, 3.63) is 35.4 Å². The number of aryl methyl sites for hydroxylation is 1. The Morgan fingerprint density at radius 3 is 2.29 bits per heavy atom. The van der Waals surface area contributed by atoms with Gasteiger partial charge in [0.05, 0.1) is 0 Å². The van der Waals surface area contributed by atoms with Crippen LogP contribution in [0.3, 0.4) is 0 Å². The van der Waals surface area contributed by atoms with Gasteiger partial charge in [-0.05, 0) is 50.5 Å². The highest BCUT2D eigenvalue weighted by molar-refractivity contribution is 5.23. The molecule has 1 aromatic rings. The highest BCUT2D eigenvalue weighted by Gasteiger charge is 2.30. The Kier molecular flexibility index (Phi) is 3.88. The lowest BCUT2D eigenvalue weighted by Crippen LogP contribution is -2.45. The first-order chi connectivity index (χ1) is 8.11. The number of rotatable bonds is 3. The molecule has 0 heterocycles. The average molecular weight is 231 g/mol. The summed E-state index contributed by atoms with van der Waals surface area (Å²) >= 11 is 0. The minimum absolute atomic E-state index is 0.0565. The standard InChI is InChI=1S/C16H25N/c1-3-14-8-10-16(17,11-9-14)12-15-6-4-13(2)5-7-15/h4-7,14H,3,8-12,17H2,1-2H3. The number of hydrogen-bond donors (Lipinski definition) is 1. The molecule has 1 heteroatoms. The molecule has 1 aliphatic rings. The van der Waals surface area contributed by atoms with E-state index in [9.17, 15) is 0 Å². The molecule has 17 heavy (non-hydrogen) atoms. The predicted octanol–water partition coefficient (Wildman–Crippen LogP) is 3.84. The van der Waals surface area contributed by atoms with Crippen LogP contribution in [0.15, 0.2) is 24.3 Å². The highest BCUT2D eigenvalue weighted by atomic mass is 14.7. The molecule has 0 saturated heterocycles. The molecule has 0 aromatic heterocycles. The SMILES string of the molecule is CCC1CCC(N)(Cc2ccc(C)cc2)CC1. The first kappa shape index (κ1) is 12.6. The molecule has 94 valence electrons. The summed E-state index contributed by atoms with van der Waals surface area (Å²) in [7, 11) is 0. The van der Waals surface area contributed by atoms with Crippen LogP contribution in [0.2, 0.25) is 0 Å². The summed E-state index contributed by atoms with van der Waals surface area (Å²) in [5, 5.41) is 0. The quantitative estimate of drug-likeness (QED) is 0.840. The van der Waals surface area contributed by atoms with Crippen molar-refractivity contribution < 1.29 is 0 Å². The summed E-state index contributed by atoms with van der Waals surface area (Å²) in [6.45, 7) is 4.43. The van der Waals surface area contributed by atoms with Gasteiger partial charge in [-0.2, -0.15) is 0 Å². The summed E-state index contributed by atoms with van der Waals surface area (Å²) < 4.78 is 0. The molecule has 0 atom stereocenters. The lowest BCUT2D eigenvalue weighted by Gasteiger charge is -2.37. The fraction of sp³-hybridized carbons (Fsp3) is 0.625. The van der Waals surface area contributed by atoms with Crippen LogP contribution in [0.4, 0.5) is 0 Å². The highest BCUT2D eigenvalue weighted by Crippen LogP contribution is 2.34. The predicted molar refractivity (Wildman–Crippen MR) is 74.1 cm³/mol. The summed E-state index contributed by atoms with van der Waals surface area (Å²) in [6, 6.07) is 8.85. The van der Waals surface area contributed by atoms with Crippen LogP contribution in [0.25, 0.3) is 0 Å². The van der Waals surface area contributed by atoms with E-state index >= 15 is 0 Å². The lowest BCUT2D eigenvalue weighted by atomic mass is 9.73. The molecule has 0 amide bonds. The van der Waals surface area contributed by atoms with E-state index in [1.165, 1.54) is 43.2 Å². The van der Waals surface area contributed by atoms with Gasteiger partial charge in [-0.25, -0.2) is 0 Å². The summed E-state index contributed by atoms with van der Waals surface area (Å²) in [5.74, 6) is 0.921. The first-order valence-corrected chi connectivity index (χ1v) is 6.96. The molecular weight excluding hydrogens is 206 g/mol. The van der Waals surface area contributed by atoms with Crippen LogP contribution in [0.1, 0.15) is 50.2 Å². The van der Waals surface area contributed by atoms with Gasteiger partial charge in [0, 0.05) is 5.54 Å². The fourth-order valence-electron chi connectivity index (χ4n) is 2.95. The molecule has 0 spiro atoms. The molecule has 1 aromatic carbocycles. The van der Waals surface area contributed by atoms with Crippen LogP contribution in [-0.2, 0) is 6.42 Å². The van der Waals surface area contributed by atoms with Crippen LogP contribution >= 0.6 is 0 Å². The second-order valence-corrected chi connectivity index (χ2v) is 5.88. The molecule has 1 nitrogen and oxygen atoms in total. The Morgan fingerprint density at radius 2 is 1.76 bits per heavy atom. The number of hydrogen-bond acceptors (Lipinski definition) is 1. The van der Waals surface area contributed by atoms with Gasteiger partial charge >= 0.3 is 0 Å². The zero-order chi connectivity index (χ0) is 12.3. The van der Waals surface area contributed by atoms with Crippen LogP contribution in [0.5, 0.6) is 0 Å². The largest absolute Gasteiger partial charge is 0.325 e. The Morgan fingerprint density at radius 1 is 1.18 bits per heavy atom. The van der Waals surface area contributed by atoms with Crippen LogP contribution in [0, 0.1) is 12.8 Å². The van der Waals surface area contributed by atoms with E-state index in [1.54, 1.807) is 0 Å². The van der Waals surface area contributed by atoms with Gasteiger partial charge < -0.3 is 5.73 Å². The van der Waals surface area contributed by atoms with E-state index in [0.717, 1.165) is 12.3 Å². The Hall–Kier alpha value is -0.820. The van der Waals surface area contributed by atoms with Gasteiger partial charge in [0.2, 0.25) is 0 Å². The van der Waals surface area contributed by atoms with Crippen molar-refractivity contribution in [2.45, 2.75) is 57.9 Å². The molecule has 0 radical (unpaired) electrons. The van der Waals surface area contributed by atoms with Gasteiger partial charge in [-0.3, -0.25) is 0 Å². The van der Waals surface area contributed by atoms with Gasteiger partial charge in [-0.15, -0.1) is 0 Å². The van der Waals surface area contributed by atoms with E-state index in [0.29, 0.717) is 0 Å². The normalized spacial score (nSPS) is 29.2. The molecular formula is C16H25N. The lowest BCUT2D eigenvalue weighted by molar-refractivity contribution is 0.228. The molecule has 1 fully saturated rings. The summed E-state index contributed by atoms with van der Waals surface area (Å²) in [6.07, 6.45) is 7.39. The molecule has 1 saturated carbocycles. The topological polar surface area (TPSA) is 26.0 Å². The molecule has 0 unspecified atom stereocenters. The summed E-state index contributed by atoms with van der Waals surface area (Å²) in [4.78, 5) is 0. The van der Waals surface area contributed by atoms with Crippen molar-refractivity contribution in [3.63, 3.8) is 0 Å². The maximum atomic E-state index is 6.55. The molecule has 2 N–H and O–H groups in total. The first-order valence-electron chi connectivity index (χ1n) is 6.96. The van der Waals surface area contributed by atoms with E-state index in [-0.39, 0.29) is 5.54 Å². The summed E-state index contributed by atoms with van der Waals surface area (Å²) in [5.41, 5.74) is 9.33. The third-order valence-electron chi connectivity index (χ3n) is 4.36. The molecule has 1 aliphatic carbocycles. The van der Waals surface area contributed by atoms with E-state index in [4.69, 9.17) is 5.73 Å². The van der Waals surface area contributed by atoms with E-state index < -0.39 is 0 Å². The van der Waals surface area contributed by atoms with Crippen molar-refractivity contribution in [3.8, 4) is 0 Å². The monoisotopic (exact) mass is 231 g/mol. The van der Waals surface area contributed by atoms with E-state index in [2.05, 4.69) is 38.1 Å². The molecule has 2 rings (SSSR count). The van der Waals surface area contributed by atoms with Crippen molar-refractivity contribution in [2.24, 2.45) is 11.7 Å². The second-order valence-electron chi connectivity index (χ2n) is 5.88. The minimum atomic E-state index is 0.0565. The van der Waals surface area contributed by atoms with Gasteiger partial charge in [0.25, 0.3) is 0 Å². The third kappa shape index (κ3) is 3.32. The Labute approximate surface area is 105 Å². The molecule has 0 bridgehead atoms. The van der Waals surface area contributed by atoms with Gasteiger partial charge in [-0.1, -0.05) is 43.2 Å². The average Bonchev–Trinajstić information content (AvgIpc) is 2.33. The van der Waals surface area contributed by atoms with Crippen LogP contribution < -0.4 is 5.73 Å². The van der Waals surface area contributed by atoms with Crippen molar-refractivity contribution in [1.82, 2.24) is 0 Å². The third-order valence-corrected chi connectivity index (χ3v) is 4.36. The van der Waals surface area contributed by atoms with Crippen molar-refractivity contribution in [2.75, 3.05) is 0 Å². The van der Waals surface area contributed by atoms with E-state index in [1.807, 2.05) is 0 Å². The zero-order valence-electron chi connectivity index (χ0n) is 11.2. The maximum Gasteiger partial charge on any atom is 0.0195 e. The van der Waals surface area contributed by atoms with Crippen LogP contribution in [-0.4, -0.2) is 5.54 Å².